The van der Waals surface area contributed by atoms with Gasteiger partial charge in [0.1, 0.15) is 0 Å². The maximum Gasteiger partial charge on any atom is 0.0991 e. The number of benzene rings is 3. The Morgan fingerprint density at radius 1 is 0.783 bits per heavy atom. The maximum atomic E-state index is 8.94. The standard InChI is InChI=1S/C21H16IN/c1-14-3-7-17(8-4-14)19-11-15(2)21(20(22)12-19)18-9-5-16(13-23)6-10-18/h3-12H,1-2H3. The number of hydrogen-bond acceptors (Lipinski definition) is 1. The van der Waals surface area contributed by atoms with E-state index in [2.05, 4.69) is 78.9 Å². The molecule has 3 aromatic rings. The Kier molecular flexibility index (Phi) is 4.49. The van der Waals surface area contributed by atoms with Gasteiger partial charge in [0.15, 0.2) is 0 Å². The van der Waals surface area contributed by atoms with Gasteiger partial charge < -0.3 is 0 Å². The van der Waals surface area contributed by atoms with Gasteiger partial charge in [-0.15, -0.1) is 0 Å². The van der Waals surface area contributed by atoms with Crippen LogP contribution in [0.4, 0.5) is 0 Å². The Bertz CT molecular complexity index is 862. The van der Waals surface area contributed by atoms with Crippen LogP contribution in [0.3, 0.4) is 0 Å². The molecule has 0 radical (unpaired) electrons. The van der Waals surface area contributed by atoms with Gasteiger partial charge in [-0.05, 0) is 82.5 Å². The monoisotopic (exact) mass is 409 g/mol. The van der Waals surface area contributed by atoms with Crippen molar-refractivity contribution < 1.29 is 0 Å². The minimum absolute atomic E-state index is 0.692. The molecule has 2 heteroatoms. The molecule has 0 unspecified atom stereocenters. The third-order valence-electron chi connectivity index (χ3n) is 3.97. The summed E-state index contributed by atoms with van der Waals surface area (Å²) >= 11 is 2.40. The van der Waals surface area contributed by atoms with E-state index in [0.29, 0.717) is 5.56 Å². The smallest absolute Gasteiger partial charge is 0.0991 e. The molecule has 0 bridgehead atoms. The molecule has 0 saturated carbocycles. The lowest BCUT2D eigenvalue weighted by Crippen LogP contribution is -1.91. The Hall–Kier alpha value is -2.12. The van der Waals surface area contributed by atoms with Crippen LogP contribution in [0.25, 0.3) is 22.3 Å². The quantitative estimate of drug-likeness (QED) is 0.469. The van der Waals surface area contributed by atoms with Crippen LogP contribution in [0.5, 0.6) is 0 Å². The van der Waals surface area contributed by atoms with E-state index >= 15 is 0 Å². The van der Waals surface area contributed by atoms with Crippen molar-refractivity contribution in [2.75, 3.05) is 0 Å². The summed E-state index contributed by atoms with van der Waals surface area (Å²) in [5.74, 6) is 0. The van der Waals surface area contributed by atoms with Crippen LogP contribution in [0.2, 0.25) is 0 Å². The number of nitrogens with zero attached hydrogens (tertiary/aromatic N) is 1. The molecule has 0 spiro atoms. The van der Waals surface area contributed by atoms with Gasteiger partial charge in [0.25, 0.3) is 0 Å². The predicted octanol–water partition coefficient (Wildman–Crippen LogP) is 6.11. The fourth-order valence-electron chi connectivity index (χ4n) is 2.73. The zero-order valence-electron chi connectivity index (χ0n) is 13.1. The van der Waals surface area contributed by atoms with E-state index in [-0.39, 0.29) is 0 Å². The molecule has 0 saturated heterocycles. The van der Waals surface area contributed by atoms with Crippen molar-refractivity contribution in [2.24, 2.45) is 0 Å². The first-order chi connectivity index (χ1) is 11.1. The van der Waals surface area contributed by atoms with Gasteiger partial charge in [-0.25, -0.2) is 0 Å². The number of aryl methyl sites for hydroxylation is 2. The largest absolute Gasteiger partial charge is 0.192 e. The zero-order valence-corrected chi connectivity index (χ0v) is 15.3. The Morgan fingerprint density at radius 2 is 1.39 bits per heavy atom. The highest BCUT2D eigenvalue weighted by Crippen LogP contribution is 2.33. The molecule has 0 aliphatic rings. The highest BCUT2D eigenvalue weighted by atomic mass is 127. The van der Waals surface area contributed by atoms with Crippen LogP contribution >= 0.6 is 22.6 Å². The lowest BCUT2D eigenvalue weighted by molar-refractivity contribution is 1.41. The third kappa shape index (κ3) is 3.30. The van der Waals surface area contributed by atoms with E-state index < -0.39 is 0 Å². The lowest BCUT2D eigenvalue weighted by atomic mass is 9.95. The minimum Gasteiger partial charge on any atom is -0.192 e. The molecule has 0 N–H and O–H groups in total. The lowest BCUT2D eigenvalue weighted by Gasteiger charge is -2.12. The maximum absolute atomic E-state index is 8.94. The van der Waals surface area contributed by atoms with Gasteiger partial charge in [0.05, 0.1) is 11.6 Å². The Morgan fingerprint density at radius 3 is 1.96 bits per heavy atom. The van der Waals surface area contributed by atoms with Crippen molar-refractivity contribution in [3.05, 3.63) is 80.9 Å². The molecule has 0 aliphatic carbocycles. The second-order valence-electron chi connectivity index (χ2n) is 5.71. The van der Waals surface area contributed by atoms with Crippen molar-refractivity contribution in [1.82, 2.24) is 0 Å². The number of halogens is 1. The molecular weight excluding hydrogens is 393 g/mol. The van der Waals surface area contributed by atoms with Crippen LogP contribution in [-0.2, 0) is 0 Å². The van der Waals surface area contributed by atoms with E-state index in [9.17, 15) is 0 Å². The molecule has 0 fully saturated rings. The van der Waals surface area contributed by atoms with Crippen LogP contribution in [0.1, 0.15) is 16.7 Å². The number of hydrogen-bond donors (Lipinski definition) is 0. The highest BCUT2D eigenvalue weighted by Gasteiger charge is 2.10. The van der Waals surface area contributed by atoms with Gasteiger partial charge in [-0.3, -0.25) is 0 Å². The van der Waals surface area contributed by atoms with E-state index in [1.165, 1.54) is 31.4 Å². The van der Waals surface area contributed by atoms with Gasteiger partial charge >= 0.3 is 0 Å². The van der Waals surface area contributed by atoms with E-state index in [0.717, 1.165) is 5.56 Å². The van der Waals surface area contributed by atoms with Crippen molar-refractivity contribution in [2.45, 2.75) is 13.8 Å². The fourth-order valence-corrected chi connectivity index (χ4v) is 3.81. The van der Waals surface area contributed by atoms with Gasteiger partial charge in [0, 0.05) is 3.57 Å². The molecular formula is C21H16IN. The Labute approximate surface area is 150 Å². The summed E-state index contributed by atoms with van der Waals surface area (Å²) in [6.07, 6.45) is 0. The molecule has 3 aromatic carbocycles. The van der Waals surface area contributed by atoms with Crippen molar-refractivity contribution in [3.63, 3.8) is 0 Å². The van der Waals surface area contributed by atoms with E-state index in [4.69, 9.17) is 5.26 Å². The molecule has 0 aliphatic heterocycles. The van der Waals surface area contributed by atoms with Crippen molar-refractivity contribution >= 4 is 22.6 Å². The minimum atomic E-state index is 0.692. The average molecular weight is 409 g/mol. The van der Waals surface area contributed by atoms with Crippen LogP contribution in [-0.4, -0.2) is 0 Å². The molecule has 1 nitrogen and oxygen atoms in total. The number of nitriles is 1. The summed E-state index contributed by atoms with van der Waals surface area (Å²) in [4.78, 5) is 0. The molecule has 112 valence electrons. The molecule has 0 amide bonds. The first kappa shape index (κ1) is 15.8. The summed E-state index contributed by atoms with van der Waals surface area (Å²) in [5, 5.41) is 8.94. The number of rotatable bonds is 2. The van der Waals surface area contributed by atoms with Gasteiger partial charge in [-0.1, -0.05) is 48.0 Å². The zero-order chi connectivity index (χ0) is 16.4. The molecule has 0 aromatic heterocycles. The summed E-state index contributed by atoms with van der Waals surface area (Å²) in [6, 6.07) is 23.1. The highest BCUT2D eigenvalue weighted by molar-refractivity contribution is 14.1. The predicted molar refractivity (Wildman–Crippen MR) is 104 cm³/mol. The molecule has 0 heterocycles. The first-order valence-electron chi connectivity index (χ1n) is 7.46. The summed E-state index contributed by atoms with van der Waals surface area (Å²) in [6.45, 7) is 4.25. The summed E-state index contributed by atoms with van der Waals surface area (Å²) in [5.41, 5.74) is 8.09. The molecule has 0 atom stereocenters. The SMILES string of the molecule is Cc1ccc(-c2cc(C)c(-c3ccc(C#N)cc3)c(I)c2)cc1. The summed E-state index contributed by atoms with van der Waals surface area (Å²) in [7, 11) is 0. The van der Waals surface area contributed by atoms with Crippen LogP contribution in [0.15, 0.2) is 60.7 Å². The summed E-state index contributed by atoms with van der Waals surface area (Å²) < 4.78 is 1.22. The Balaban J connectivity index is 2.06. The first-order valence-corrected chi connectivity index (χ1v) is 8.54. The second kappa shape index (κ2) is 6.55. The van der Waals surface area contributed by atoms with Crippen LogP contribution in [0, 0.1) is 28.7 Å². The second-order valence-corrected chi connectivity index (χ2v) is 6.87. The molecule has 23 heavy (non-hydrogen) atoms. The third-order valence-corrected chi connectivity index (χ3v) is 4.83. The normalized spacial score (nSPS) is 10.3. The van der Waals surface area contributed by atoms with Gasteiger partial charge in [-0.2, -0.15) is 5.26 Å². The van der Waals surface area contributed by atoms with E-state index in [1.807, 2.05) is 24.3 Å². The molecule has 3 rings (SSSR count). The van der Waals surface area contributed by atoms with Crippen molar-refractivity contribution in [1.29, 1.82) is 5.26 Å². The van der Waals surface area contributed by atoms with Crippen LogP contribution < -0.4 is 0 Å². The van der Waals surface area contributed by atoms with Crippen molar-refractivity contribution in [3.8, 4) is 28.3 Å². The van der Waals surface area contributed by atoms with Gasteiger partial charge in [0.2, 0.25) is 0 Å². The average Bonchev–Trinajstić information content (AvgIpc) is 2.55. The topological polar surface area (TPSA) is 23.8 Å². The fraction of sp³-hybridized carbons (Fsp3) is 0.0952. The van der Waals surface area contributed by atoms with E-state index in [1.54, 1.807) is 0 Å².